The van der Waals surface area contributed by atoms with E-state index in [1.807, 2.05) is 17.2 Å². The van der Waals surface area contributed by atoms with Gasteiger partial charge in [-0.25, -0.2) is 0 Å². The molecule has 1 aliphatic carbocycles. The van der Waals surface area contributed by atoms with Crippen LogP contribution in [0.5, 0.6) is 0 Å². The Balaban J connectivity index is 0.00000101. The standard InChI is InChI=1S/C20H32N4O3.CH2O2/c1-2-14-27-18-7-6-16(20(26)23-10-3-4-11-23)15-17(18)22-19(25)8-13-24-12-5-9-21-24;2-1-3/h5,9,12,16-18H,2-4,6-8,10-11,13-15H2,1H3,(H,22,25);1H,(H,2,3)/t16-,17+,18+;/m0./s1. The van der Waals surface area contributed by atoms with Gasteiger partial charge in [-0.1, -0.05) is 6.92 Å². The summed E-state index contributed by atoms with van der Waals surface area (Å²) in [6, 6.07) is 1.76. The van der Waals surface area contributed by atoms with Gasteiger partial charge in [0.2, 0.25) is 11.8 Å². The van der Waals surface area contributed by atoms with Gasteiger partial charge in [0.15, 0.2) is 0 Å². The molecule has 9 heteroatoms. The van der Waals surface area contributed by atoms with Crippen LogP contribution < -0.4 is 5.32 Å². The molecule has 0 radical (unpaired) electrons. The smallest absolute Gasteiger partial charge is 0.290 e. The fourth-order valence-electron chi connectivity index (χ4n) is 4.11. The predicted molar refractivity (Wildman–Crippen MR) is 111 cm³/mol. The zero-order valence-electron chi connectivity index (χ0n) is 17.7. The number of aryl methyl sites for hydroxylation is 1. The summed E-state index contributed by atoms with van der Waals surface area (Å²) in [5.41, 5.74) is 0. The Hall–Kier alpha value is -2.42. The van der Waals surface area contributed by atoms with Crippen LogP contribution in [0.25, 0.3) is 0 Å². The van der Waals surface area contributed by atoms with E-state index in [1.54, 1.807) is 10.9 Å². The number of carboxylic acid groups (broad SMARTS) is 1. The number of rotatable bonds is 8. The molecular weight excluding hydrogens is 388 g/mol. The molecule has 2 fully saturated rings. The maximum atomic E-state index is 12.8. The van der Waals surface area contributed by atoms with Crippen LogP contribution in [0.4, 0.5) is 0 Å². The fraction of sp³-hybridized carbons (Fsp3) is 0.714. The maximum absolute atomic E-state index is 12.8. The molecule has 1 saturated heterocycles. The summed E-state index contributed by atoms with van der Waals surface area (Å²) in [5.74, 6) is 0.257. The second-order valence-electron chi connectivity index (χ2n) is 7.75. The number of hydrogen-bond donors (Lipinski definition) is 2. The van der Waals surface area contributed by atoms with E-state index in [9.17, 15) is 9.59 Å². The van der Waals surface area contributed by atoms with Gasteiger partial charge in [-0.05, 0) is 44.6 Å². The molecule has 2 N–H and O–H groups in total. The van der Waals surface area contributed by atoms with Crippen molar-refractivity contribution in [2.24, 2.45) is 5.92 Å². The lowest BCUT2D eigenvalue weighted by atomic mass is 9.82. The fourth-order valence-corrected chi connectivity index (χ4v) is 4.11. The molecular formula is C21H34N4O5. The van der Waals surface area contributed by atoms with Crippen LogP contribution >= 0.6 is 0 Å². The van der Waals surface area contributed by atoms with E-state index in [0.717, 1.165) is 45.2 Å². The van der Waals surface area contributed by atoms with Gasteiger partial charge in [-0.15, -0.1) is 0 Å². The van der Waals surface area contributed by atoms with Gasteiger partial charge >= 0.3 is 0 Å². The highest BCUT2D eigenvalue weighted by molar-refractivity contribution is 5.80. The zero-order chi connectivity index (χ0) is 21.8. The first kappa shape index (κ1) is 23.9. The van der Waals surface area contributed by atoms with Crippen molar-refractivity contribution in [1.29, 1.82) is 0 Å². The lowest BCUT2D eigenvalue weighted by Crippen LogP contribution is -2.51. The normalized spacial score (nSPS) is 23.4. The van der Waals surface area contributed by atoms with Gasteiger partial charge in [-0.2, -0.15) is 5.10 Å². The highest BCUT2D eigenvalue weighted by Gasteiger charge is 2.37. The van der Waals surface area contributed by atoms with E-state index in [-0.39, 0.29) is 36.4 Å². The third kappa shape index (κ3) is 7.44. The number of nitrogens with zero attached hydrogens (tertiary/aromatic N) is 3. The molecule has 168 valence electrons. The largest absolute Gasteiger partial charge is 0.483 e. The highest BCUT2D eigenvalue weighted by atomic mass is 16.5. The number of amides is 2. The minimum absolute atomic E-state index is 0.000918. The number of likely N-dealkylation sites (tertiary alicyclic amines) is 1. The minimum atomic E-state index is -0.250. The molecule has 30 heavy (non-hydrogen) atoms. The summed E-state index contributed by atoms with van der Waals surface area (Å²) in [6.45, 7) is 4.84. The second-order valence-corrected chi connectivity index (χ2v) is 7.75. The predicted octanol–water partition coefficient (Wildman–Crippen LogP) is 1.68. The average molecular weight is 423 g/mol. The zero-order valence-corrected chi connectivity index (χ0v) is 17.7. The molecule has 9 nitrogen and oxygen atoms in total. The molecule has 1 saturated carbocycles. The number of aromatic nitrogens is 2. The number of hydrogen-bond acceptors (Lipinski definition) is 5. The van der Waals surface area contributed by atoms with Gasteiger partial charge in [0.1, 0.15) is 0 Å². The first-order valence-corrected chi connectivity index (χ1v) is 10.8. The van der Waals surface area contributed by atoms with Crippen molar-refractivity contribution < 1.29 is 24.2 Å². The van der Waals surface area contributed by atoms with Crippen LogP contribution in [0.15, 0.2) is 18.5 Å². The van der Waals surface area contributed by atoms with Crippen molar-refractivity contribution in [3.8, 4) is 0 Å². The van der Waals surface area contributed by atoms with Crippen molar-refractivity contribution in [3.05, 3.63) is 18.5 Å². The van der Waals surface area contributed by atoms with E-state index in [0.29, 0.717) is 26.0 Å². The van der Waals surface area contributed by atoms with Crippen molar-refractivity contribution in [2.75, 3.05) is 19.7 Å². The molecule has 2 aliphatic rings. The van der Waals surface area contributed by atoms with Crippen LogP contribution in [-0.4, -0.2) is 69.9 Å². The van der Waals surface area contributed by atoms with Crippen LogP contribution in [0.1, 0.15) is 51.9 Å². The number of carbonyl (C=O) groups excluding carboxylic acids is 2. The average Bonchev–Trinajstić information content (AvgIpc) is 3.45. The third-order valence-electron chi connectivity index (χ3n) is 5.56. The Kier molecular flexibility index (Phi) is 10.3. The van der Waals surface area contributed by atoms with E-state index >= 15 is 0 Å². The first-order chi connectivity index (χ1) is 14.6. The Morgan fingerprint density at radius 3 is 2.67 bits per heavy atom. The molecule has 1 aliphatic heterocycles. The van der Waals surface area contributed by atoms with E-state index in [4.69, 9.17) is 14.6 Å². The molecule has 0 bridgehead atoms. The maximum Gasteiger partial charge on any atom is 0.290 e. The lowest BCUT2D eigenvalue weighted by molar-refractivity contribution is -0.138. The van der Waals surface area contributed by atoms with E-state index in [2.05, 4.69) is 17.3 Å². The van der Waals surface area contributed by atoms with E-state index < -0.39 is 0 Å². The molecule has 1 aromatic rings. The second kappa shape index (κ2) is 13.0. The number of nitrogens with one attached hydrogen (secondary N) is 1. The van der Waals surface area contributed by atoms with Crippen LogP contribution in [0.2, 0.25) is 0 Å². The van der Waals surface area contributed by atoms with Crippen LogP contribution in [-0.2, 0) is 25.7 Å². The van der Waals surface area contributed by atoms with Crippen molar-refractivity contribution in [2.45, 2.75) is 70.6 Å². The Bertz CT molecular complexity index is 646. The molecule has 2 amide bonds. The minimum Gasteiger partial charge on any atom is -0.483 e. The van der Waals surface area contributed by atoms with Crippen molar-refractivity contribution in [3.63, 3.8) is 0 Å². The topological polar surface area (TPSA) is 114 Å². The molecule has 3 atom stereocenters. The highest BCUT2D eigenvalue weighted by Crippen LogP contribution is 2.29. The van der Waals surface area contributed by atoms with Gasteiger partial charge in [-0.3, -0.25) is 19.1 Å². The summed E-state index contributed by atoms with van der Waals surface area (Å²) in [6.07, 6.45) is 9.46. The number of carbonyl (C=O) groups is 3. The van der Waals surface area contributed by atoms with Gasteiger partial charge in [0.25, 0.3) is 6.47 Å². The first-order valence-electron chi connectivity index (χ1n) is 10.8. The SMILES string of the molecule is CCCO[C@@H]1CC[C@H](C(=O)N2CCCC2)C[C@H]1NC(=O)CCn1cccn1.O=CO. The molecule has 0 aromatic carbocycles. The van der Waals surface area contributed by atoms with Crippen molar-refractivity contribution in [1.82, 2.24) is 20.0 Å². The summed E-state index contributed by atoms with van der Waals surface area (Å²) in [5, 5.41) is 14.2. The van der Waals surface area contributed by atoms with Crippen molar-refractivity contribution >= 4 is 18.3 Å². The summed E-state index contributed by atoms with van der Waals surface area (Å²) in [4.78, 5) is 35.6. The Morgan fingerprint density at radius 1 is 1.30 bits per heavy atom. The van der Waals surface area contributed by atoms with Gasteiger partial charge in [0, 0.05) is 51.0 Å². The molecule has 3 rings (SSSR count). The monoisotopic (exact) mass is 422 g/mol. The van der Waals surface area contributed by atoms with Gasteiger partial charge in [0.05, 0.1) is 12.1 Å². The van der Waals surface area contributed by atoms with Crippen LogP contribution in [0, 0.1) is 5.92 Å². The molecule has 0 unspecified atom stereocenters. The summed E-state index contributed by atoms with van der Waals surface area (Å²) < 4.78 is 7.75. The Morgan fingerprint density at radius 2 is 2.03 bits per heavy atom. The van der Waals surface area contributed by atoms with E-state index in [1.165, 1.54) is 0 Å². The van der Waals surface area contributed by atoms with Crippen LogP contribution in [0.3, 0.4) is 0 Å². The third-order valence-corrected chi connectivity index (χ3v) is 5.56. The molecule has 2 heterocycles. The Labute approximate surface area is 177 Å². The van der Waals surface area contributed by atoms with Gasteiger partial charge < -0.3 is 20.1 Å². The summed E-state index contributed by atoms with van der Waals surface area (Å²) >= 11 is 0. The number of ether oxygens (including phenoxy) is 1. The quantitative estimate of drug-likeness (QED) is 0.616. The summed E-state index contributed by atoms with van der Waals surface area (Å²) in [7, 11) is 0. The molecule has 0 spiro atoms. The lowest BCUT2D eigenvalue weighted by Gasteiger charge is -2.37. The molecule has 1 aromatic heterocycles.